The standard InChI is InChI=1S/C22H16F6O.C6H9F3N2S/c23-17-10-15(9-16(12-17)22(27,28)21(25)26)18(8-13-4-2-1-3-5-13)14-6-7-19(24)20(29)11-14;1-4(2)12-5(10)11-3-6(7,8)9/h1-7,9-12,18,21,29H,8H2;1,3H2,2H3,(H2,10,11)/t18-;/m1./s1. The van der Waals surface area contributed by atoms with Crippen molar-refractivity contribution in [2.24, 2.45) is 10.7 Å². The number of hydrogen-bond donors (Lipinski definition) is 2. The zero-order valence-electron chi connectivity index (χ0n) is 21.4. The van der Waals surface area contributed by atoms with Gasteiger partial charge in [0.25, 0.3) is 0 Å². The molecule has 13 heteroatoms. The molecule has 0 aliphatic heterocycles. The lowest BCUT2D eigenvalue weighted by Gasteiger charge is -2.22. The first-order valence-corrected chi connectivity index (χ1v) is 12.5. The van der Waals surface area contributed by atoms with Gasteiger partial charge in [0.2, 0.25) is 0 Å². The number of rotatable bonds is 8. The predicted octanol–water partition coefficient (Wildman–Crippen LogP) is 8.53. The van der Waals surface area contributed by atoms with E-state index in [1.165, 1.54) is 6.07 Å². The summed E-state index contributed by atoms with van der Waals surface area (Å²) < 4.78 is 115. The van der Waals surface area contributed by atoms with Crippen LogP contribution in [0.25, 0.3) is 0 Å². The Morgan fingerprint density at radius 3 is 2.12 bits per heavy atom. The van der Waals surface area contributed by atoms with Gasteiger partial charge in [0.15, 0.2) is 16.7 Å². The smallest absolute Gasteiger partial charge is 0.408 e. The molecule has 3 nitrogen and oxygen atoms in total. The lowest BCUT2D eigenvalue weighted by Crippen LogP contribution is -2.24. The van der Waals surface area contributed by atoms with Crippen LogP contribution in [0.5, 0.6) is 5.75 Å². The van der Waals surface area contributed by atoms with Gasteiger partial charge in [-0.15, -0.1) is 0 Å². The maximum absolute atomic E-state index is 14.1. The van der Waals surface area contributed by atoms with E-state index in [0.29, 0.717) is 16.5 Å². The van der Waals surface area contributed by atoms with Crippen LogP contribution in [0, 0.1) is 11.6 Å². The summed E-state index contributed by atoms with van der Waals surface area (Å²) in [6, 6.07) is 14.4. The van der Waals surface area contributed by atoms with Crippen LogP contribution < -0.4 is 5.73 Å². The van der Waals surface area contributed by atoms with Crippen molar-refractivity contribution >= 4 is 16.9 Å². The number of allylic oxidation sites excluding steroid dienone is 1. The second-order valence-electron chi connectivity index (χ2n) is 8.72. The van der Waals surface area contributed by atoms with E-state index in [9.17, 15) is 44.6 Å². The highest BCUT2D eigenvalue weighted by Crippen LogP contribution is 2.38. The number of aromatic hydroxyl groups is 1. The molecule has 0 bridgehead atoms. The number of phenolic OH excluding ortho intramolecular Hbond substituents is 1. The second-order valence-corrected chi connectivity index (χ2v) is 10.0. The molecular weight excluding hydrogens is 583 g/mol. The van der Waals surface area contributed by atoms with Crippen molar-refractivity contribution in [3.05, 3.63) is 112 Å². The Balaban J connectivity index is 0.000000415. The monoisotopic (exact) mass is 608 g/mol. The fourth-order valence-electron chi connectivity index (χ4n) is 3.53. The minimum Gasteiger partial charge on any atom is -0.505 e. The molecule has 3 rings (SSSR count). The van der Waals surface area contributed by atoms with Crippen molar-refractivity contribution in [1.82, 2.24) is 0 Å². The maximum atomic E-state index is 14.1. The summed E-state index contributed by atoms with van der Waals surface area (Å²) in [5.74, 6) is -7.94. The molecule has 0 aromatic heterocycles. The summed E-state index contributed by atoms with van der Waals surface area (Å²) >= 11 is 0.928. The van der Waals surface area contributed by atoms with Gasteiger partial charge in [-0.3, -0.25) is 4.99 Å². The predicted molar refractivity (Wildman–Crippen MR) is 141 cm³/mol. The number of hydrogen-bond acceptors (Lipinski definition) is 3. The molecule has 222 valence electrons. The lowest BCUT2D eigenvalue weighted by molar-refractivity contribution is -0.135. The van der Waals surface area contributed by atoms with Gasteiger partial charge in [0.1, 0.15) is 12.4 Å². The highest BCUT2D eigenvalue weighted by molar-refractivity contribution is 8.17. The van der Waals surface area contributed by atoms with Crippen molar-refractivity contribution in [3.8, 4) is 5.75 Å². The average Bonchev–Trinajstić information content (AvgIpc) is 2.87. The molecule has 0 fully saturated rings. The lowest BCUT2D eigenvalue weighted by atomic mass is 9.84. The zero-order chi connectivity index (χ0) is 31.0. The van der Waals surface area contributed by atoms with E-state index in [4.69, 9.17) is 5.73 Å². The average molecular weight is 609 g/mol. The summed E-state index contributed by atoms with van der Waals surface area (Å²) in [6.07, 6.45) is -8.10. The molecule has 0 saturated carbocycles. The Bertz CT molecular complexity index is 1350. The molecule has 0 heterocycles. The van der Waals surface area contributed by atoms with Crippen LogP contribution in [0.2, 0.25) is 0 Å². The van der Waals surface area contributed by atoms with E-state index < -0.39 is 53.9 Å². The van der Waals surface area contributed by atoms with Crippen molar-refractivity contribution in [3.63, 3.8) is 0 Å². The van der Waals surface area contributed by atoms with Crippen molar-refractivity contribution in [2.45, 2.75) is 37.8 Å². The third-order valence-electron chi connectivity index (χ3n) is 5.33. The molecule has 3 N–H and O–H groups in total. The highest BCUT2D eigenvalue weighted by Gasteiger charge is 2.43. The number of benzene rings is 3. The van der Waals surface area contributed by atoms with Crippen LogP contribution in [0.1, 0.15) is 35.1 Å². The zero-order valence-corrected chi connectivity index (χ0v) is 22.2. The molecule has 0 spiro atoms. The first-order chi connectivity index (χ1) is 19.0. The molecule has 0 amide bonds. The Hall–Kier alpha value is -3.61. The number of nitrogens with two attached hydrogens (primary N) is 1. The van der Waals surface area contributed by atoms with Gasteiger partial charge in [-0.05, 0) is 65.3 Å². The number of amidine groups is 1. The Kier molecular flexibility index (Phi) is 11.7. The van der Waals surface area contributed by atoms with Crippen molar-refractivity contribution in [1.29, 1.82) is 0 Å². The minimum absolute atomic E-state index is 0.00943. The fourth-order valence-corrected chi connectivity index (χ4v) is 4.02. The van der Waals surface area contributed by atoms with E-state index in [2.05, 4.69) is 11.6 Å². The summed E-state index contributed by atoms with van der Waals surface area (Å²) in [5.41, 5.74) is 5.08. The minimum atomic E-state index is -4.53. The van der Waals surface area contributed by atoms with Gasteiger partial charge in [0.05, 0.1) is 0 Å². The van der Waals surface area contributed by atoms with Crippen LogP contribution in [0.4, 0.5) is 39.5 Å². The number of nitrogens with zero attached hydrogens (tertiary/aromatic N) is 1. The third kappa shape index (κ3) is 10.7. The quantitative estimate of drug-likeness (QED) is 0.153. The number of halogens is 9. The number of thioether (sulfide) groups is 1. The molecule has 0 aliphatic rings. The third-order valence-corrected chi connectivity index (χ3v) is 6.02. The molecular formula is C28H25F9N2OS. The first-order valence-electron chi connectivity index (χ1n) is 11.7. The molecule has 0 unspecified atom stereocenters. The molecule has 41 heavy (non-hydrogen) atoms. The summed E-state index contributed by atoms with van der Waals surface area (Å²) in [4.78, 5) is 3.72. The molecule has 0 radical (unpaired) electrons. The SMILES string of the molecule is C=C(C)SC(N)=NCC(F)(F)F.Oc1cc([C@@H](Cc2ccccc2)c2cc(F)cc(C(F)(F)C(F)F)c2)ccc1F. The van der Waals surface area contributed by atoms with Crippen LogP contribution in [-0.4, -0.2) is 29.4 Å². The Morgan fingerprint density at radius 1 is 0.951 bits per heavy atom. The van der Waals surface area contributed by atoms with Gasteiger partial charge < -0.3 is 10.8 Å². The van der Waals surface area contributed by atoms with Gasteiger partial charge in [-0.2, -0.15) is 22.0 Å². The van der Waals surface area contributed by atoms with E-state index >= 15 is 0 Å². The summed E-state index contributed by atoms with van der Waals surface area (Å²) in [5, 5.41) is 9.59. The van der Waals surface area contributed by atoms with Gasteiger partial charge in [-0.25, -0.2) is 17.6 Å². The maximum Gasteiger partial charge on any atom is 0.408 e. The van der Waals surface area contributed by atoms with Crippen LogP contribution >= 0.6 is 11.8 Å². The number of aliphatic imine (C=N–C) groups is 1. The van der Waals surface area contributed by atoms with Crippen molar-refractivity contribution in [2.75, 3.05) is 6.54 Å². The van der Waals surface area contributed by atoms with E-state index in [1.807, 2.05) is 0 Å². The Labute approximate surface area is 234 Å². The van der Waals surface area contributed by atoms with Crippen LogP contribution in [0.3, 0.4) is 0 Å². The fraction of sp³-hybridized carbons (Fsp3) is 0.250. The molecule has 0 aliphatic carbocycles. The molecule has 3 aromatic rings. The topological polar surface area (TPSA) is 58.6 Å². The first kappa shape index (κ1) is 33.6. The Morgan fingerprint density at radius 2 is 1.59 bits per heavy atom. The highest BCUT2D eigenvalue weighted by atomic mass is 32.2. The molecule has 1 atom stereocenters. The van der Waals surface area contributed by atoms with E-state index in [0.717, 1.165) is 41.6 Å². The summed E-state index contributed by atoms with van der Waals surface area (Å²) in [6.45, 7) is 3.86. The second kappa shape index (κ2) is 14.3. The van der Waals surface area contributed by atoms with Gasteiger partial charge in [0, 0.05) is 11.5 Å². The largest absolute Gasteiger partial charge is 0.505 e. The van der Waals surface area contributed by atoms with E-state index in [1.54, 1.807) is 37.3 Å². The van der Waals surface area contributed by atoms with Crippen LogP contribution in [-0.2, 0) is 12.3 Å². The van der Waals surface area contributed by atoms with Gasteiger partial charge >= 0.3 is 18.5 Å². The van der Waals surface area contributed by atoms with Gasteiger partial charge in [-0.1, -0.05) is 54.7 Å². The number of phenols is 1. The summed E-state index contributed by atoms with van der Waals surface area (Å²) in [7, 11) is 0. The van der Waals surface area contributed by atoms with E-state index in [-0.39, 0.29) is 17.2 Å². The van der Waals surface area contributed by atoms with Crippen molar-refractivity contribution < 1.29 is 44.6 Å². The molecule has 3 aromatic carbocycles. The number of alkyl halides is 7. The normalized spacial score (nSPS) is 13.0. The molecule has 0 saturated heterocycles. The van der Waals surface area contributed by atoms with Crippen LogP contribution in [0.15, 0.2) is 83.2 Å².